The van der Waals surface area contributed by atoms with Crippen molar-refractivity contribution in [2.75, 3.05) is 27.2 Å². The molecule has 0 spiro atoms. The van der Waals surface area contributed by atoms with Gasteiger partial charge in [-0.25, -0.2) is 0 Å². The number of nitrogens with one attached hydrogen (secondary N) is 2. The Morgan fingerprint density at radius 3 is 3.00 bits per heavy atom. The molecule has 3 N–H and O–H groups in total. The number of nitrogens with zero attached hydrogens (tertiary/aromatic N) is 1. The molecule has 106 valence electrons. The molecule has 3 atom stereocenters. The minimum absolute atomic E-state index is 0.0278. The van der Waals surface area contributed by atoms with E-state index in [9.17, 15) is 9.90 Å². The number of hydrogen-bond acceptors (Lipinski definition) is 5. The van der Waals surface area contributed by atoms with E-state index in [1.807, 2.05) is 25.5 Å². The minimum atomic E-state index is -0.405. The van der Waals surface area contributed by atoms with Gasteiger partial charge < -0.3 is 20.6 Å². The molecule has 0 unspecified atom stereocenters. The van der Waals surface area contributed by atoms with Crippen LogP contribution in [0.25, 0.3) is 0 Å². The molecule has 0 bridgehead atoms. The molecular weight excluding hydrogens is 262 g/mol. The molecule has 1 aliphatic rings. The molecule has 0 aromatic carbocycles. The number of carbonyl (C=O) groups excluding carboxylic acids is 1. The number of rotatable bonds is 5. The number of likely N-dealkylation sites (N-methyl/N-ethyl adjacent to an activating group) is 1. The summed E-state index contributed by atoms with van der Waals surface area (Å²) >= 11 is 1.70. The molecule has 1 aromatic heterocycles. The van der Waals surface area contributed by atoms with E-state index in [2.05, 4.69) is 21.6 Å². The van der Waals surface area contributed by atoms with Gasteiger partial charge in [0.2, 0.25) is 5.91 Å². The second-order valence-electron chi connectivity index (χ2n) is 5.09. The Morgan fingerprint density at radius 2 is 2.47 bits per heavy atom. The predicted molar refractivity (Wildman–Crippen MR) is 76.2 cm³/mol. The summed E-state index contributed by atoms with van der Waals surface area (Å²) in [5.74, 6) is -0.0278. The SMILES string of the molecule is CN(C)[C@H](CNC(=O)[C@@H]1C[C@@H](O)CN1)c1cccs1. The number of carbonyl (C=O) groups is 1. The van der Waals surface area contributed by atoms with Gasteiger partial charge in [0.05, 0.1) is 18.2 Å². The first-order valence-corrected chi connectivity index (χ1v) is 7.35. The number of thiophene rings is 1. The van der Waals surface area contributed by atoms with Crippen molar-refractivity contribution < 1.29 is 9.90 Å². The Kier molecular flexibility index (Phi) is 4.93. The van der Waals surface area contributed by atoms with E-state index in [1.165, 1.54) is 4.88 Å². The molecule has 1 saturated heterocycles. The van der Waals surface area contributed by atoms with Gasteiger partial charge in [0.1, 0.15) is 0 Å². The van der Waals surface area contributed by atoms with Gasteiger partial charge >= 0.3 is 0 Å². The largest absolute Gasteiger partial charge is 0.392 e. The number of amides is 1. The highest BCUT2D eigenvalue weighted by molar-refractivity contribution is 7.10. The van der Waals surface area contributed by atoms with E-state index < -0.39 is 6.10 Å². The lowest BCUT2D eigenvalue weighted by Crippen LogP contribution is -2.43. The Hall–Kier alpha value is -0.950. The van der Waals surface area contributed by atoms with Gasteiger partial charge in [0.25, 0.3) is 0 Å². The first kappa shape index (κ1) is 14.5. The van der Waals surface area contributed by atoms with Crippen LogP contribution >= 0.6 is 11.3 Å². The number of hydrogen-bond donors (Lipinski definition) is 3. The first-order chi connectivity index (χ1) is 9.08. The van der Waals surface area contributed by atoms with E-state index in [-0.39, 0.29) is 18.0 Å². The van der Waals surface area contributed by atoms with Gasteiger partial charge in [0.15, 0.2) is 0 Å². The normalized spacial score (nSPS) is 24.6. The van der Waals surface area contributed by atoms with Gasteiger partial charge in [-0.05, 0) is 32.0 Å². The fraction of sp³-hybridized carbons (Fsp3) is 0.615. The maximum Gasteiger partial charge on any atom is 0.237 e. The zero-order valence-corrected chi connectivity index (χ0v) is 12.1. The summed E-state index contributed by atoms with van der Waals surface area (Å²) in [6.45, 7) is 1.08. The highest BCUT2D eigenvalue weighted by Crippen LogP contribution is 2.22. The van der Waals surface area contributed by atoms with Crippen LogP contribution < -0.4 is 10.6 Å². The molecule has 0 saturated carbocycles. The maximum atomic E-state index is 12.0. The highest BCUT2D eigenvalue weighted by Gasteiger charge is 2.28. The van der Waals surface area contributed by atoms with Gasteiger partial charge in [0, 0.05) is 18.0 Å². The van der Waals surface area contributed by atoms with Crippen LogP contribution in [0, 0.1) is 0 Å². The van der Waals surface area contributed by atoms with Crippen LogP contribution in [0.4, 0.5) is 0 Å². The fourth-order valence-corrected chi connectivity index (χ4v) is 3.18. The molecule has 2 heterocycles. The van der Waals surface area contributed by atoms with Crippen LogP contribution in [-0.2, 0) is 4.79 Å². The maximum absolute atomic E-state index is 12.0. The number of β-amino-alcohol motifs (C(OH)–C–C–N with tert-alkyl or cyclic N) is 1. The lowest BCUT2D eigenvalue weighted by molar-refractivity contribution is -0.123. The lowest BCUT2D eigenvalue weighted by atomic mass is 10.1. The number of aliphatic hydroxyl groups excluding tert-OH is 1. The summed E-state index contributed by atoms with van der Waals surface area (Å²) in [6.07, 6.45) is 0.0926. The van der Waals surface area contributed by atoms with E-state index in [4.69, 9.17) is 0 Å². The van der Waals surface area contributed by atoms with E-state index >= 15 is 0 Å². The lowest BCUT2D eigenvalue weighted by Gasteiger charge is -2.24. The van der Waals surface area contributed by atoms with Gasteiger partial charge in [-0.15, -0.1) is 11.3 Å². The average molecular weight is 283 g/mol. The molecule has 5 nitrogen and oxygen atoms in total. The van der Waals surface area contributed by atoms with Crippen molar-refractivity contribution in [3.8, 4) is 0 Å². The summed E-state index contributed by atoms with van der Waals surface area (Å²) in [6, 6.07) is 4.03. The van der Waals surface area contributed by atoms with Crippen molar-refractivity contribution in [3.05, 3.63) is 22.4 Å². The molecule has 1 amide bonds. The molecule has 0 aliphatic carbocycles. The average Bonchev–Trinajstić information content (AvgIpc) is 3.00. The topological polar surface area (TPSA) is 64.6 Å². The molecule has 6 heteroatoms. The van der Waals surface area contributed by atoms with E-state index in [1.54, 1.807) is 11.3 Å². The molecule has 1 fully saturated rings. The smallest absolute Gasteiger partial charge is 0.237 e. The van der Waals surface area contributed by atoms with Gasteiger partial charge in [-0.2, -0.15) is 0 Å². The van der Waals surface area contributed by atoms with Crippen LogP contribution in [0.15, 0.2) is 17.5 Å². The Balaban J connectivity index is 1.87. The Bertz CT molecular complexity index is 408. The van der Waals surface area contributed by atoms with Crippen LogP contribution in [-0.4, -0.2) is 55.2 Å². The molecule has 1 aliphatic heterocycles. The van der Waals surface area contributed by atoms with Gasteiger partial charge in [-0.3, -0.25) is 4.79 Å². The van der Waals surface area contributed by atoms with E-state index in [0.29, 0.717) is 19.5 Å². The van der Waals surface area contributed by atoms with E-state index in [0.717, 1.165) is 0 Å². The molecule has 2 rings (SSSR count). The summed E-state index contributed by atoms with van der Waals surface area (Å²) in [7, 11) is 4.02. The summed E-state index contributed by atoms with van der Waals surface area (Å²) in [5.41, 5.74) is 0. The summed E-state index contributed by atoms with van der Waals surface area (Å²) in [5, 5.41) is 17.4. The third kappa shape index (κ3) is 3.76. The Morgan fingerprint density at radius 1 is 1.68 bits per heavy atom. The zero-order chi connectivity index (χ0) is 13.8. The van der Waals surface area contributed by atoms with Crippen LogP contribution in [0.3, 0.4) is 0 Å². The second kappa shape index (κ2) is 6.47. The molecular formula is C13H21N3O2S. The van der Waals surface area contributed by atoms with Crippen LogP contribution in [0.2, 0.25) is 0 Å². The van der Waals surface area contributed by atoms with Crippen molar-refractivity contribution in [2.24, 2.45) is 0 Å². The first-order valence-electron chi connectivity index (χ1n) is 6.47. The van der Waals surface area contributed by atoms with Crippen molar-refractivity contribution in [1.29, 1.82) is 0 Å². The fourth-order valence-electron chi connectivity index (χ4n) is 2.26. The van der Waals surface area contributed by atoms with Crippen molar-refractivity contribution >= 4 is 17.2 Å². The second-order valence-corrected chi connectivity index (χ2v) is 6.07. The van der Waals surface area contributed by atoms with Crippen molar-refractivity contribution in [3.63, 3.8) is 0 Å². The monoisotopic (exact) mass is 283 g/mol. The summed E-state index contributed by atoms with van der Waals surface area (Å²) in [4.78, 5) is 15.3. The highest BCUT2D eigenvalue weighted by atomic mass is 32.1. The minimum Gasteiger partial charge on any atom is -0.392 e. The van der Waals surface area contributed by atoms with Crippen molar-refractivity contribution in [2.45, 2.75) is 24.6 Å². The van der Waals surface area contributed by atoms with Crippen LogP contribution in [0.1, 0.15) is 17.3 Å². The van der Waals surface area contributed by atoms with Crippen LogP contribution in [0.5, 0.6) is 0 Å². The number of aliphatic hydroxyl groups is 1. The zero-order valence-electron chi connectivity index (χ0n) is 11.3. The van der Waals surface area contributed by atoms with Gasteiger partial charge in [-0.1, -0.05) is 6.07 Å². The quantitative estimate of drug-likeness (QED) is 0.722. The molecule has 1 aromatic rings. The third-order valence-electron chi connectivity index (χ3n) is 3.39. The molecule has 0 radical (unpaired) electrons. The molecule has 19 heavy (non-hydrogen) atoms. The standard InChI is InChI=1S/C13H21N3O2S/c1-16(2)11(12-4-3-5-19-12)8-15-13(18)10-6-9(17)7-14-10/h3-5,9-11,14,17H,6-8H2,1-2H3,(H,15,18)/t9-,10+,11-/m1/s1. The van der Waals surface area contributed by atoms with Crippen molar-refractivity contribution in [1.82, 2.24) is 15.5 Å². The predicted octanol–water partition coefficient (Wildman–Crippen LogP) is 0.190. The third-order valence-corrected chi connectivity index (χ3v) is 4.36. The Labute approximate surface area is 117 Å². The summed E-state index contributed by atoms with van der Waals surface area (Å²) < 4.78 is 0.